The van der Waals surface area contributed by atoms with Crippen molar-refractivity contribution in [2.45, 2.75) is 32.4 Å². The van der Waals surface area contributed by atoms with Crippen molar-refractivity contribution in [2.75, 3.05) is 0 Å². The summed E-state index contributed by atoms with van der Waals surface area (Å²) >= 11 is 1.54. The lowest BCUT2D eigenvalue weighted by Crippen LogP contribution is -2.35. The third kappa shape index (κ3) is 4.48. The Balaban J connectivity index is 1.47. The van der Waals surface area contributed by atoms with Crippen LogP contribution in [0.5, 0.6) is 0 Å². The minimum atomic E-state index is -0.106. The molecule has 2 aromatic heterocycles. The molecule has 1 unspecified atom stereocenters. The summed E-state index contributed by atoms with van der Waals surface area (Å²) in [4.78, 5) is 14.4. The van der Waals surface area contributed by atoms with E-state index in [1.54, 1.807) is 11.3 Å². The van der Waals surface area contributed by atoms with Crippen molar-refractivity contribution in [1.29, 1.82) is 0 Å². The van der Waals surface area contributed by atoms with Crippen LogP contribution in [0.1, 0.15) is 18.9 Å². The molecule has 0 saturated carbocycles. The number of hydrogen-bond donors (Lipinski definition) is 1. The number of hydrogen-bond acceptors (Lipinski definition) is 5. The SMILES string of the molecule is CC(CCc1ccccc1)NC(=O)Cn1nnc(-c2cccs2)n1. The summed E-state index contributed by atoms with van der Waals surface area (Å²) in [6, 6.07) is 14.2. The van der Waals surface area contributed by atoms with Gasteiger partial charge in [0.25, 0.3) is 0 Å². The minimum Gasteiger partial charge on any atom is -0.352 e. The molecule has 0 aliphatic carbocycles. The van der Waals surface area contributed by atoms with Crippen molar-refractivity contribution >= 4 is 17.2 Å². The minimum absolute atomic E-state index is 0.0774. The van der Waals surface area contributed by atoms with Crippen LogP contribution >= 0.6 is 11.3 Å². The summed E-state index contributed by atoms with van der Waals surface area (Å²) in [5.41, 5.74) is 1.28. The molecule has 0 saturated heterocycles. The van der Waals surface area contributed by atoms with Crippen LogP contribution in [-0.2, 0) is 17.8 Å². The maximum Gasteiger partial charge on any atom is 0.243 e. The number of nitrogens with one attached hydrogen (secondary N) is 1. The number of thiophene rings is 1. The van der Waals surface area contributed by atoms with E-state index in [1.807, 2.05) is 42.6 Å². The van der Waals surface area contributed by atoms with E-state index < -0.39 is 0 Å². The second kappa shape index (κ2) is 7.83. The molecule has 0 aliphatic heterocycles. The zero-order valence-electron chi connectivity index (χ0n) is 13.4. The van der Waals surface area contributed by atoms with Gasteiger partial charge in [-0.3, -0.25) is 4.79 Å². The second-order valence-corrected chi connectivity index (χ2v) is 6.56. The van der Waals surface area contributed by atoms with Crippen LogP contribution in [0.4, 0.5) is 0 Å². The van der Waals surface area contributed by atoms with Crippen LogP contribution in [0.3, 0.4) is 0 Å². The Hall–Kier alpha value is -2.54. The van der Waals surface area contributed by atoms with Crippen molar-refractivity contribution in [2.24, 2.45) is 0 Å². The Morgan fingerprint density at radius 1 is 1.25 bits per heavy atom. The predicted molar refractivity (Wildman–Crippen MR) is 93.5 cm³/mol. The standard InChI is InChI=1S/C17H19N5OS/c1-13(9-10-14-6-3-2-4-7-14)18-16(23)12-22-20-17(19-21-22)15-8-5-11-24-15/h2-8,11,13H,9-10,12H2,1H3,(H,18,23). The molecule has 0 fully saturated rings. The van der Waals surface area contributed by atoms with Gasteiger partial charge in [0.2, 0.25) is 11.7 Å². The summed E-state index contributed by atoms with van der Waals surface area (Å²) in [5, 5.41) is 17.1. The highest BCUT2D eigenvalue weighted by Gasteiger charge is 2.12. The summed E-state index contributed by atoms with van der Waals surface area (Å²) in [7, 11) is 0. The number of aryl methyl sites for hydroxylation is 1. The molecule has 1 N–H and O–H groups in total. The third-order valence-corrected chi connectivity index (χ3v) is 4.46. The third-order valence-electron chi connectivity index (χ3n) is 3.60. The van der Waals surface area contributed by atoms with Crippen LogP contribution in [0.25, 0.3) is 10.7 Å². The molecule has 6 nitrogen and oxygen atoms in total. The molecule has 3 aromatic rings. The Labute approximate surface area is 144 Å². The zero-order chi connectivity index (χ0) is 16.8. The van der Waals surface area contributed by atoms with Crippen LogP contribution in [0.15, 0.2) is 47.8 Å². The first-order valence-corrected chi connectivity index (χ1v) is 8.73. The maximum absolute atomic E-state index is 12.1. The molecule has 1 amide bonds. The lowest BCUT2D eigenvalue weighted by atomic mass is 10.1. The first-order valence-electron chi connectivity index (χ1n) is 7.85. The van der Waals surface area contributed by atoms with Crippen LogP contribution in [0.2, 0.25) is 0 Å². The molecule has 2 heterocycles. The van der Waals surface area contributed by atoms with Gasteiger partial charge in [-0.05, 0) is 42.0 Å². The highest BCUT2D eigenvalue weighted by Crippen LogP contribution is 2.19. The first-order chi connectivity index (χ1) is 11.7. The average Bonchev–Trinajstić information content (AvgIpc) is 3.25. The van der Waals surface area contributed by atoms with Crippen LogP contribution < -0.4 is 5.32 Å². The largest absolute Gasteiger partial charge is 0.352 e. The smallest absolute Gasteiger partial charge is 0.243 e. The van der Waals surface area contributed by atoms with E-state index in [0.717, 1.165) is 17.7 Å². The molecule has 7 heteroatoms. The Morgan fingerprint density at radius 2 is 2.08 bits per heavy atom. The second-order valence-electron chi connectivity index (χ2n) is 5.61. The van der Waals surface area contributed by atoms with Crippen molar-refractivity contribution in [1.82, 2.24) is 25.5 Å². The highest BCUT2D eigenvalue weighted by atomic mass is 32.1. The predicted octanol–water partition coefficient (Wildman–Crippen LogP) is 2.54. The molecular weight excluding hydrogens is 322 g/mol. The van der Waals surface area contributed by atoms with Crippen molar-refractivity contribution in [3.8, 4) is 10.7 Å². The maximum atomic E-state index is 12.1. The number of aromatic nitrogens is 4. The number of nitrogens with zero attached hydrogens (tertiary/aromatic N) is 4. The van der Waals surface area contributed by atoms with Gasteiger partial charge >= 0.3 is 0 Å². The number of carbonyl (C=O) groups is 1. The molecule has 1 aromatic carbocycles. The fourth-order valence-corrected chi connectivity index (χ4v) is 3.01. The van der Waals surface area contributed by atoms with E-state index in [0.29, 0.717) is 5.82 Å². The molecule has 0 spiro atoms. The Morgan fingerprint density at radius 3 is 2.83 bits per heavy atom. The molecule has 0 radical (unpaired) electrons. The van der Waals surface area contributed by atoms with E-state index in [2.05, 4.69) is 32.9 Å². The fourth-order valence-electron chi connectivity index (χ4n) is 2.36. The number of carbonyl (C=O) groups excluding carboxylic acids is 1. The van der Waals surface area contributed by atoms with Gasteiger partial charge in [0.1, 0.15) is 6.54 Å². The lowest BCUT2D eigenvalue weighted by Gasteiger charge is -2.13. The molecular formula is C17H19N5OS. The van der Waals surface area contributed by atoms with Gasteiger partial charge in [-0.15, -0.1) is 21.5 Å². The Kier molecular flexibility index (Phi) is 5.32. The summed E-state index contributed by atoms with van der Waals surface area (Å²) in [6.07, 6.45) is 1.83. The number of amides is 1. The summed E-state index contributed by atoms with van der Waals surface area (Å²) in [6.45, 7) is 2.08. The van der Waals surface area contributed by atoms with Crippen LogP contribution in [0, 0.1) is 0 Å². The van der Waals surface area contributed by atoms with Gasteiger partial charge in [0.05, 0.1) is 4.88 Å². The van der Waals surface area contributed by atoms with Crippen molar-refractivity contribution in [3.05, 3.63) is 53.4 Å². The van der Waals surface area contributed by atoms with E-state index in [4.69, 9.17) is 0 Å². The van der Waals surface area contributed by atoms with Crippen LogP contribution in [-0.4, -0.2) is 32.2 Å². The summed E-state index contributed by atoms with van der Waals surface area (Å²) in [5.74, 6) is 0.445. The number of rotatable bonds is 7. The van der Waals surface area contributed by atoms with Gasteiger partial charge < -0.3 is 5.32 Å². The van der Waals surface area contributed by atoms with Gasteiger partial charge in [-0.25, -0.2) is 0 Å². The number of tetrazole rings is 1. The highest BCUT2D eigenvalue weighted by molar-refractivity contribution is 7.13. The molecule has 3 rings (SSSR count). The van der Waals surface area contributed by atoms with Crippen molar-refractivity contribution in [3.63, 3.8) is 0 Å². The van der Waals surface area contributed by atoms with Gasteiger partial charge in [0, 0.05) is 6.04 Å². The van der Waals surface area contributed by atoms with Gasteiger partial charge in [-0.1, -0.05) is 36.4 Å². The average molecular weight is 341 g/mol. The fraction of sp³-hybridized carbons (Fsp3) is 0.294. The van der Waals surface area contributed by atoms with Crippen molar-refractivity contribution < 1.29 is 4.79 Å². The lowest BCUT2D eigenvalue weighted by molar-refractivity contribution is -0.122. The molecule has 0 aliphatic rings. The van der Waals surface area contributed by atoms with Gasteiger partial charge in [0.15, 0.2) is 0 Å². The first kappa shape index (κ1) is 16.3. The monoisotopic (exact) mass is 341 g/mol. The Bertz CT molecular complexity index is 769. The van der Waals surface area contributed by atoms with E-state index in [9.17, 15) is 4.79 Å². The normalized spacial score (nSPS) is 12.0. The van der Waals surface area contributed by atoms with E-state index >= 15 is 0 Å². The number of benzene rings is 1. The molecule has 0 bridgehead atoms. The van der Waals surface area contributed by atoms with E-state index in [1.165, 1.54) is 10.4 Å². The topological polar surface area (TPSA) is 72.7 Å². The summed E-state index contributed by atoms with van der Waals surface area (Å²) < 4.78 is 0. The zero-order valence-corrected chi connectivity index (χ0v) is 14.2. The van der Waals surface area contributed by atoms with Gasteiger partial charge in [-0.2, -0.15) is 4.80 Å². The molecule has 24 heavy (non-hydrogen) atoms. The quantitative estimate of drug-likeness (QED) is 0.717. The molecule has 1 atom stereocenters. The van der Waals surface area contributed by atoms with E-state index in [-0.39, 0.29) is 18.5 Å². The molecule has 124 valence electrons.